The van der Waals surface area contributed by atoms with Crippen molar-refractivity contribution in [1.29, 1.82) is 5.26 Å². The van der Waals surface area contributed by atoms with Gasteiger partial charge in [0.1, 0.15) is 6.54 Å². The standard InChI is InChI=1S/C16H22N2O/c17-13-14-18-16(19)12-8-3-1-2-5-9-15-10-6-4-7-11-15/h4,6-7,10-11H,1-3,5,8-9,12,14H2,(H,18,19). The van der Waals surface area contributed by atoms with Crippen LogP contribution in [-0.4, -0.2) is 12.5 Å². The molecule has 102 valence electrons. The Bertz CT molecular complexity index is 395. The molecule has 0 aliphatic carbocycles. The Hall–Kier alpha value is -1.82. The Labute approximate surface area is 115 Å². The van der Waals surface area contributed by atoms with Crippen LogP contribution in [-0.2, 0) is 11.2 Å². The SMILES string of the molecule is N#CCNC(=O)CCCCCCCc1ccccc1. The molecule has 0 unspecified atom stereocenters. The summed E-state index contributed by atoms with van der Waals surface area (Å²) in [5.74, 6) is -0.00849. The predicted octanol–water partition coefficient (Wildman–Crippen LogP) is 3.21. The van der Waals surface area contributed by atoms with Crippen molar-refractivity contribution in [2.45, 2.75) is 44.9 Å². The summed E-state index contributed by atoms with van der Waals surface area (Å²) < 4.78 is 0. The van der Waals surface area contributed by atoms with E-state index in [1.54, 1.807) is 0 Å². The zero-order chi connectivity index (χ0) is 13.8. The molecular formula is C16H22N2O. The van der Waals surface area contributed by atoms with Gasteiger partial charge in [-0.2, -0.15) is 5.26 Å². The Morgan fingerprint density at radius 3 is 2.47 bits per heavy atom. The van der Waals surface area contributed by atoms with E-state index in [9.17, 15) is 4.79 Å². The van der Waals surface area contributed by atoms with Crippen LogP contribution in [0.3, 0.4) is 0 Å². The number of hydrogen-bond donors (Lipinski definition) is 1. The van der Waals surface area contributed by atoms with Crippen LogP contribution in [0, 0.1) is 11.3 Å². The number of rotatable bonds is 9. The van der Waals surface area contributed by atoms with Crippen LogP contribution in [0.5, 0.6) is 0 Å². The lowest BCUT2D eigenvalue weighted by Gasteiger charge is -2.03. The minimum atomic E-state index is -0.00849. The first kappa shape index (κ1) is 15.2. The highest BCUT2D eigenvalue weighted by atomic mass is 16.1. The van der Waals surface area contributed by atoms with Gasteiger partial charge < -0.3 is 5.32 Å². The van der Waals surface area contributed by atoms with Gasteiger partial charge in [0.05, 0.1) is 6.07 Å². The van der Waals surface area contributed by atoms with Gasteiger partial charge in [-0.1, -0.05) is 49.6 Å². The number of amides is 1. The monoisotopic (exact) mass is 258 g/mol. The van der Waals surface area contributed by atoms with Gasteiger partial charge in [-0.3, -0.25) is 4.79 Å². The van der Waals surface area contributed by atoms with Crippen molar-refractivity contribution in [3.05, 3.63) is 35.9 Å². The van der Waals surface area contributed by atoms with Gasteiger partial charge in [0.15, 0.2) is 0 Å². The van der Waals surface area contributed by atoms with E-state index in [-0.39, 0.29) is 12.5 Å². The molecule has 19 heavy (non-hydrogen) atoms. The summed E-state index contributed by atoms with van der Waals surface area (Å²) >= 11 is 0. The number of benzene rings is 1. The van der Waals surface area contributed by atoms with Crippen molar-refractivity contribution in [3.63, 3.8) is 0 Å². The smallest absolute Gasteiger partial charge is 0.220 e. The quantitative estimate of drug-likeness (QED) is 0.546. The molecule has 1 aromatic rings. The van der Waals surface area contributed by atoms with Crippen LogP contribution in [0.2, 0.25) is 0 Å². The Kier molecular flexibility index (Phi) is 8.13. The summed E-state index contributed by atoms with van der Waals surface area (Å²) in [7, 11) is 0. The Morgan fingerprint density at radius 2 is 1.74 bits per heavy atom. The normalized spacial score (nSPS) is 9.84. The summed E-state index contributed by atoms with van der Waals surface area (Å²) in [6.45, 7) is 0.121. The lowest BCUT2D eigenvalue weighted by molar-refractivity contribution is -0.120. The molecule has 1 rings (SSSR count). The lowest BCUT2D eigenvalue weighted by Crippen LogP contribution is -2.22. The molecule has 0 radical (unpaired) electrons. The summed E-state index contributed by atoms with van der Waals surface area (Å²) in [4.78, 5) is 11.2. The first-order valence-electron chi connectivity index (χ1n) is 7.00. The van der Waals surface area contributed by atoms with Crippen molar-refractivity contribution >= 4 is 5.91 Å². The third-order valence-electron chi connectivity index (χ3n) is 3.08. The summed E-state index contributed by atoms with van der Waals surface area (Å²) in [5, 5.41) is 10.9. The van der Waals surface area contributed by atoms with Gasteiger partial charge in [-0.05, 0) is 24.8 Å². The highest BCUT2D eigenvalue weighted by molar-refractivity contribution is 5.75. The molecule has 0 saturated heterocycles. The van der Waals surface area contributed by atoms with E-state index in [4.69, 9.17) is 5.26 Å². The van der Waals surface area contributed by atoms with E-state index < -0.39 is 0 Å². The van der Waals surface area contributed by atoms with Gasteiger partial charge in [0.25, 0.3) is 0 Å². The Morgan fingerprint density at radius 1 is 1.05 bits per heavy atom. The summed E-state index contributed by atoms with van der Waals surface area (Å²) in [6.07, 6.45) is 7.30. The van der Waals surface area contributed by atoms with Crippen LogP contribution in [0.15, 0.2) is 30.3 Å². The van der Waals surface area contributed by atoms with E-state index >= 15 is 0 Å². The fourth-order valence-electron chi connectivity index (χ4n) is 2.02. The zero-order valence-electron chi connectivity index (χ0n) is 11.4. The number of nitrogens with zero attached hydrogens (tertiary/aromatic N) is 1. The molecule has 0 saturated carbocycles. The maximum absolute atomic E-state index is 11.2. The fourth-order valence-corrected chi connectivity index (χ4v) is 2.02. The molecule has 0 spiro atoms. The second-order valence-corrected chi connectivity index (χ2v) is 4.69. The number of unbranched alkanes of at least 4 members (excludes halogenated alkanes) is 4. The third-order valence-corrected chi connectivity index (χ3v) is 3.08. The first-order chi connectivity index (χ1) is 9.33. The maximum atomic E-state index is 11.2. The average Bonchev–Trinajstić information content (AvgIpc) is 2.45. The molecule has 3 nitrogen and oxygen atoms in total. The zero-order valence-corrected chi connectivity index (χ0v) is 11.4. The molecule has 0 aromatic heterocycles. The van der Waals surface area contributed by atoms with Crippen molar-refractivity contribution in [2.75, 3.05) is 6.54 Å². The molecule has 0 bridgehead atoms. The molecule has 0 heterocycles. The molecule has 0 aliphatic heterocycles. The summed E-state index contributed by atoms with van der Waals surface area (Å²) in [5.41, 5.74) is 1.40. The van der Waals surface area contributed by atoms with E-state index in [1.807, 2.05) is 12.1 Å². The van der Waals surface area contributed by atoms with Gasteiger partial charge in [0, 0.05) is 6.42 Å². The lowest BCUT2D eigenvalue weighted by atomic mass is 10.0. The number of carbonyl (C=O) groups is 1. The Balaban J connectivity index is 1.92. The fraction of sp³-hybridized carbons (Fsp3) is 0.500. The second-order valence-electron chi connectivity index (χ2n) is 4.69. The molecule has 1 amide bonds. The predicted molar refractivity (Wildman–Crippen MR) is 76.5 cm³/mol. The van der Waals surface area contributed by atoms with E-state index in [0.29, 0.717) is 6.42 Å². The van der Waals surface area contributed by atoms with Gasteiger partial charge in [-0.15, -0.1) is 0 Å². The summed E-state index contributed by atoms with van der Waals surface area (Å²) in [6, 6.07) is 12.4. The van der Waals surface area contributed by atoms with E-state index in [2.05, 4.69) is 29.6 Å². The minimum Gasteiger partial charge on any atom is -0.343 e. The van der Waals surface area contributed by atoms with Crippen molar-refractivity contribution < 1.29 is 4.79 Å². The number of aryl methyl sites for hydroxylation is 1. The number of nitrogens with one attached hydrogen (secondary N) is 1. The van der Waals surface area contributed by atoms with Gasteiger partial charge >= 0.3 is 0 Å². The average molecular weight is 258 g/mol. The molecule has 0 aliphatic rings. The van der Waals surface area contributed by atoms with Crippen molar-refractivity contribution in [1.82, 2.24) is 5.32 Å². The van der Waals surface area contributed by atoms with E-state index in [1.165, 1.54) is 24.8 Å². The molecule has 1 N–H and O–H groups in total. The highest BCUT2D eigenvalue weighted by Gasteiger charge is 1.99. The second kappa shape index (κ2) is 10.1. The third kappa shape index (κ3) is 7.99. The van der Waals surface area contributed by atoms with Crippen LogP contribution < -0.4 is 5.32 Å². The highest BCUT2D eigenvalue weighted by Crippen LogP contribution is 2.09. The topological polar surface area (TPSA) is 52.9 Å². The first-order valence-corrected chi connectivity index (χ1v) is 7.00. The number of nitriles is 1. The van der Waals surface area contributed by atoms with Gasteiger partial charge in [-0.25, -0.2) is 0 Å². The largest absolute Gasteiger partial charge is 0.343 e. The van der Waals surface area contributed by atoms with E-state index in [0.717, 1.165) is 19.3 Å². The molecular weight excluding hydrogens is 236 g/mol. The van der Waals surface area contributed by atoms with Crippen molar-refractivity contribution in [2.24, 2.45) is 0 Å². The maximum Gasteiger partial charge on any atom is 0.220 e. The van der Waals surface area contributed by atoms with Crippen LogP contribution in [0.25, 0.3) is 0 Å². The molecule has 1 aromatic carbocycles. The van der Waals surface area contributed by atoms with Crippen LogP contribution in [0.4, 0.5) is 0 Å². The molecule has 0 atom stereocenters. The molecule has 3 heteroatoms. The number of carbonyl (C=O) groups excluding carboxylic acids is 1. The number of hydrogen-bond acceptors (Lipinski definition) is 2. The van der Waals surface area contributed by atoms with Crippen molar-refractivity contribution in [3.8, 4) is 6.07 Å². The van der Waals surface area contributed by atoms with Crippen LogP contribution >= 0.6 is 0 Å². The van der Waals surface area contributed by atoms with Crippen LogP contribution in [0.1, 0.15) is 44.1 Å². The molecule has 0 fully saturated rings. The van der Waals surface area contributed by atoms with Gasteiger partial charge in [0.2, 0.25) is 5.91 Å². The minimum absolute atomic E-state index is 0.00849.